The number of para-hydroxylation sites is 1. The second-order valence-electron chi connectivity index (χ2n) is 5.72. The molecule has 26 heavy (non-hydrogen) atoms. The van der Waals surface area contributed by atoms with Crippen LogP contribution in [0.25, 0.3) is 0 Å². The second kappa shape index (κ2) is 7.18. The monoisotopic (exact) mass is 352 g/mol. The number of carbonyl (C=O) groups is 4. The first-order valence-corrected chi connectivity index (χ1v) is 7.97. The number of nitrogens with one attached hydrogen (secondary N) is 1. The number of ether oxygens (including phenoxy) is 1. The van der Waals surface area contributed by atoms with Crippen molar-refractivity contribution in [2.75, 3.05) is 11.9 Å². The van der Waals surface area contributed by atoms with Gasteiger partial charge in [0.15, 0.2) is 6.61 Å². The largest absolute Gasteiger partial charge is 0.454 e. The molecule has 0 bridgehead atoms. The Balaban J connectivity index is 1.59. The Morgan fingerprint density at radius 2 is 1.50 bits per heavy atom. The predicted molar refractivity (Wildman–Crippen MR) is 92.4 cm³/mol. The molecule has 7 nitrogen and oxygen atoms in total. The van der Waals surface area contributed by atoms with Crippen molar-refractivity contribution in [2.24, 2.45) is 0 Å². The lowest BCUT2D eigenvalue weighted by Gasteiger charge is -2.20. The summed E-state index contributed by atoms with van der Waals surface area (Å²) in [7, 11) is 0. The van der Waals surface area contributed by atoms with E-state index in [0.717, 1.165) is 4.90 Å². The summed E-state index contributed by atoms with van der Waals surface area (Å²) in [5.74, 6) is -2.45. The van der Waals surface area contributed by atoms with Gasteiger partial charge in [-0.15, -0.1) is 0 Å². The Morgan fingerprint density at radius 3 is 2.08 bits per heavy atom. The van der Waals surface area contributed by atoms with E-state index in [9.17, 15) is 19.2 Å². The summed E-state index contributed by atoms with van der Waals surface area (Å²) in [5, 5.41) is 2.57. The van der Waals surface area contributed by atoms with Crippen LogP contribution in [0, 0.1) is 0 Å². The number of carbonyl (C=O) groups excluding carboxylic acids is 4. The number of imide groups is 1. The van der Waals surface area contributed by atoms with Crippen LogP contribution in [0.3, 0.4) is 0 Å². The molecule has 0 fully saturated rings. The van der Waals surface area contributed by atoms with Gasteiger partial charge in [-0.05, 0) is 31.2 Å². The van der Waals surface area contributed by atoms with E-state index in [4.69, 9.17) is 4.74 Å². The molecule has 0 spiro atoms. The highest BCUT2D eigenvalue weighted by atomic mass is 16.5. The van der Waals surface area contributed by atoms with Crippen LogP contribution >= 0.6 is 0 Å². The Hall–Kier alpha value is -3.48. The maximum atomic E-state index is 12.4. The van der Waals surface area contributed by atoms with Gasteiger partial charge in [-0.25, -0.2) is 4.79 Å². The maximum Gasteiger partial charge on any atom is 0.329 e. The first-order valence-electron chi connectivity index (χ1n) is 7.97. The fourth-order valence-electron chi connectivity index (χ4n) is 2.64. The van der Waals surface area contributed by atoms with Gasteiger partial charge in [0, 0.05) is 5.69 Å². The zero-order valence-electron chi connectivity index (χ0n) is 14.0. The van der Waals surface area contributed by atoms with Crippen LogP contribution in [0.15, 0.2) is 54.6 Å². The summed E-state index contributed by atoms with van der Waals surface area (Å²) in [6.07, 6.45) is 0. The van der Waals surface area contributed by atoms with Crippen molar-refractivity contribution in [1.82, 2.24) is 4.90 Å². The van der Waals surface area contributed by atoms with Gasteiger partial charge in [-0.3, -0.25) is 19.3 Å². The molecule has 1 heterocycles. The topological polar surface area (TPSA) is 92.8 Å². The lowest BCUT2D eigenvalue weighted by molar-refractivity contribution is -0.150. The van der Waals surface area contributed by atoms with Crippen molar-refractivity contribution in [3.8, 4) is 0 Å². The molecule has 1 aliphatic rings. The molecule has 0 saturated carbocycles. The van der Waals surface area contributed by atoms with E-state index in [1.54, 1.807) is 42.5 Å². The van der Waals surface area contributed by atoms with E-state index in [1.807, 2.05) is 0 Å². The highest BCUT2D eigenvalue weighted by Crippen LogP contribution is 2.24. The number of benzene rings is 2. The van der Waals surface area contributed by atoms with Gasteiger partial charge in [0.1, 0.15) is 6.04 Å². The average Bonchev–Trinajstić information content (AvgIpc) is 2.91. The third-order valence-corrected chi connectivity index (χ3v) is 3.96. The van der Waals surface area contributed by atoms with E-state index in [-0.39, 0.29) is 11.1 Å². The van der Waals surface area contributed by atoms with Crippen molar-refractivity contribution in [2.45, 2.75) is 13.0 Å². The van der Waals surface area contributed by atoms with Gasteiger partial charge in [0.2, 0.25) is 0 Å². The SMILES string of the molecule is C[C@@H](C(=O)OCC(=O)Nc1ccccc1)N1C(=O)c2ccccc2C1=O. The van der Waals surface area contributed by atoms with E-state index in [2.05, 4.69) is 5.32 Å². The molecule has 3 rings (SSSR count). The van der Waals surface area contributed by atoms with Crippen LogP contribution in [0.2, 0.25) is 0 Å². The minimum Gasteiger partial charge on any atom is -0.454 e. The van der Waals surface area contributed by atoms with Crippen LogP contribution in [-0.2, 0) is 14.3 Å². The van der Waals surface area contributed by atoms with Gasteiger partial charge in [-0.1, -0.05) is 30.3 Å². The lowest BCUT2D eigenvalue weighted by Crippen LogP contribution is -2.44. The van der Waals surface area contributed by atoms with Crippen molar-refractivity contribution in [1.29, 1.82) is 0 Å². The summed E-state index contributed by atoms with van der Waals surface area (Å²) < 4.78 is 4.95. The zero-order chi connectivity index (χ0) is 18.7. The minimum absolute atomic E-state index is 0.249. The quantitative estimate of drug-likeness (QED) is 0.655. The third kappa shape index (κ3) is 3.32. The van der Waals surface area contributed by atoms with Crippen molar-refractivity contribution in [3.63, 3.8) is 0 Å². The molecule has 1 N–H and O–H groups in total. The van der Waals surface area contributed by atoms with Crippen LogP contribution in [0.1, 0.15) is 27.6 Å². The Morgan fingerprint density at radius 1 is 0.962 bits per heavy atom. The van der Waals surface area contributed by atoms with Gasteiger partial charge in [-0.2, -0.15) is 0 Å². The molecule has 132 valence electrons. The van der Waals surface area contributed by atoms with Gasteiger partial charge in [0.05, 0.1) is 11.1 Å². The van der Waals surface area contributed by atoms with Crippen molar-refractivity contribution >= 4 is 29.4 Å². The molecule has 1 atom stereocenters. The van der Waals surface area contributed by atoms with Crippen LogP contribution in [0.4, 0.5) is 5.69 Å². The summed E-state index contributed by atoms with van der Waals surface area (Å²) in [4.78, 5) is 49.6. The molecule has 0 aromatic heterocycles. The number of amides is 3. The predicted octanol–water partition coefficient (Wildman–Crippen LogP) is 1.85. The van der Waals surface area contributed by atoms with Crippen LogP contribution in [-0.4, -0.2) is 41.2 Å². The fraction of sp³-hybridized carbons (Fsp3) is 0.158. The summed E-state index contributed by atoms with van der Waals surface area (Å²) >= 11 is 0. The molecule has 0 unspecified atom stereocenters. The normalized spacial score (nSPS) is 14.0. The van der Waals surface area contributed by atoms with Crippen molar-refractivity contribution in [3.05, 3.63) is 65.7 Å². The number of fused-ring (bicyclic) bond motifs is 1. The summed E-state index contributed by atoms with van der Waals surface area (Å²) in [6, 6.07) is 13.9. The summed E-state index contributed by atoms with van der Waals surface area (Å²) in [6.45, 7) is 0.875. The second-order valence-corrected chi connectivity index (χ2v) is 5.72. The first-order chi connectivity index (χ1) is 12.5. The number of rotatable bonds is 5. The van der Waals surface area contributed by atoms with Crippen molar-refractivity contribution < 1.29 is 23.9 Å². The Kier molecular flexibility index (Phi) is 4.79. The molecule has 3 amide bonds. The van der Waals surface area contributed by atoms with Gasteiger partial charge in [0.25, 0.3) is 17.7 Å². The molecule has 7 heteroatoms. The molecule has 1 aliphatic heterocycles. The Bertz CT molecular complexity index is 844. The minimum atomic E-state index is -1.13. The standard InChI is InChI=1S/C19H16N2O5/c1-12(21-17(23)14-9-5-6-10-15(14)18(21)24)19(25)26-11-16(22)20-13-7-3-2-4-8-13/h2-10,12H,11H2,1H3,(H,20,22)/t12-/m0/s1. The van der Waals surface area contributed by atoms with E-state index < -0.39 is 36.3 Å². The number of esters is 1. The third-order valence-electron chi connectivity index (χ3n) is 3.96. The fourth-order valence-corrected chi connectivity index (χ4v) is 2.64. The zero-order valence-corrected chi connectivity index (χ0v) is 14.0. The van der Waals surface area contributed by atoms with Gasteiger partial charge >= 0.3 is 5.97 Å². The molecule has 0 aliphatic carbocycles. The molecular formula is C19H16N2O5. The summed E-state index contributed by atoms with van der Waals surface area (Å²) in [5.41, 5.74) is 1.07. The number of nitrogens with zero attached hydrogens (tertiary/aromatic N) is 1. The average molecular weight is 352 g/mol. The van der Waals surface area contributed by atoms with E-state index in [1.165, 1.54) is 19.1 Å². The molecule has 2 aromatic carbocycles. The smallest absolute Gasteiger partial charge is 0.329 e. The Labute approximate surface area is 149 Å². The van der Waals surface area contributed by atoms with E-state index >= 15 is 0 Å². The molecule has 0 saturated heterocycles. The highest BCUT2D eigenvalue weighted by Gasteiger charge is 2.41. The number of anilines is 1. The maximum absolute atomic E-state index is 12.4. The van der Waals surface area contributed by atoms with Crippen LogP contribution in [0.5, 0.6) is 0 Å². The van der Waals surface area contributed by atoms with Gasteiger partial charge < -0.3 is 10.1 Å². The molecule has 2 aromatic rings. The molecule has 0 radical (unpaired) electrons. The number of hydrogen-bond donors (Lipinski definition) is 1. The van der Waals surface area contributed by atoms with Crippen LogP contribution < -0.4 is 5.32 Å². The van der Waals surface area contributed by atoms with E-state index in [0.29, 0.717) is 5.69 Å². The first kappa shape index (κ1) is 17.3. The lowest BCUT2D eigenvalue weighted by atomic mass is 10.1. The molecular weight excluding hydrogens is 336 g/mol. The highest BCUT2D eigenvalue weighted by molar-refractivity contribution is 6.22. The number of hydrogen-bond acceptors (Lipinski definition) is 5.